The Balaban J connectivity index is 1.50. The lowest BCUT2D eigenvalue weighted by molar-refractivity contribution is 0.412. The fraction of sp³-hybridized carbons (Fsp3) is 0.222. The number of rotatable bonds is 8. The van der Waals surface area contributed by atoms with Gasteiger partial charge in [0.05, 0.1) is 25.0 Å². The molecule has 5 aromatic rings. The molecular weight excluding hydrogens is 454 g/mol. The maximum absolute atomic E-state index is 13.6. The Hall–Kier alpha value is -4.53. The van der Waals surface area contributed by atoms with Crippen LogP contribution in [0.25, 0.3) is 28.3 Å². The summed E-state index contributed by atoms with van der Waals surface area (Å²) < 4.78 is 9.11. The van der Waals surface area contributed by atoms with E-state index in [1.54, 1.807) is 17.9 Å². The van der Waals surface area contributed by atoms with Gasteiger partial charge in [0.1, 0.15) is 5.75 Å². The number of aryl methyl sites for hydroxylation is 2. The number of hydrogen-bond acceptors (Lipinski definition) is 6. The van der Waals surface area contributed by atoms with Crippen molar-refractivity contribution < 1.29 is 4.74 Å². The van der Waals surface area contributed by atoms with E-state index in [9.17, 15) is 4.79 Å². The van der Waals surface area contributed by atoms with Crippen molar-refractivity contribution in [1.82, 2.24) is 34.7 Å². The molecular formula is C27H27N7O2. The minimum Gasteiger partial charge on any atom is -0.495 e. The zero-order valence-electron chi connectivity index (χ0n) is 20.5. The molecule has 3 heterocycles. The molecule has 36 heavy (non-hydrogen) atoms. The summed E-state index contributed by atoms with van der Waals surface area (Å²) >= 11 is 0. The van der Waals surface area contributed by atoms with Crippen LogP contribution >= 0.6 is 0 Å². The highest BCUT2D eigenvalue weighted by Crippen LogP contribution is 2.28. The first-order valence-electron chi connectivity index (χ1n) is 11.8. The molecule has 0 spiro atoms. The first-order valence-corrected chi connectivity index (χ1v) is 11.8. The average Bonchev–Trinajstić information content (AvgIpc) is 3.54. The highest BCUT2D eigenvalue weighted by Gasteiger charge is 2.17. The summed E-state index contributed by atoms with van der Waals surface area (Å²) in [6.07, 6.45) is 5.42. The van der Waals surface area contributed by atoms with Gasteiger partial charge < -0.3 is 4.74 Å². The molecule has 0 saturated heterocycles. The van der Waals surface area contributed by atoms with Gasteiger partial charge in [-0.05, 0) is 47.9 Å². The highest BCUT2D eigenvalue weighted by molar-refractivity contribution is 5.76. The number of imidazole rings is 1. The molecule has 1 N–H and O–H groups in total. The Bertz CT molecular complexity index is 1530. The summed E-state index contributed by atoms with van der Waals surface area (Å²) in [4.78, 5) is 18.1. The average molecular weight is 482 g/mol. The van der Waals surface area contributed by atoms with E-state index < -0.39 is 0 Å². The van der Waals surface area contributed by atoms with Gasteiger partial charge in [-0.25, -0.2) is 4.79 Å². The fourth-order valence-electron chi connectivity index (χ4n) is 4.46. The molecule has 0 aliphatic rings. The van der Waals surface area contributed by atoms with Gasteiger partial charge in [-0.15, -0.1) is 10.2 Å². The number of tetrazole rings is 1. The van der Waals surface area contributed by atoms with Crippen LogP contribution in [0, 0.1) is 6.92 Å². The van der Waals surface area contributed by atoms with Crippen molar-refractivity contribution in [2.75, 3.05) is 7.11 Å². The molecule has 182 valence electrons. The molecule has 0 bridgehead atoms. The van der Waals surface area contributed by atoms with Crippen molar-refractivity contribution in [3.8, 4) is 34.1 Å². The standard InChI is InChI=1S/C27H27N7O2/c1-4-7-21-17-34(25-18(2)8-5-10-23(25)36-3)27(35)33(21)16-19-11-13-20(14-12-19)24-22(9-6-15-28-24)26-29-31-32-30-26/h5-6,8-15,17H,4,7,16H2,1-3H3,(H,29,30,31,32). The number of methoxy groups -OCH3 is 1. The number of ether oxygens (including phenoxy) is 1. The predicted octanol–water partition coefficient (Wildman–Crippen LogP) is 4.20. The summed E-state index contributed by atoms with van der Waals surface area (Å²) in [5.41, 5.74) is 6.18. The van der Waals surface area contributed by atoms with Crippen molar-refractivity contribution in [3.63, 3.8) is 0 Å². The van der Waals surface area contributed by atoms with Gasteiger partial charge in [0, 0.05) is 29.2 Å². The number of hydrogen-bond donors (Lipinski definition) is 1. The van der Waals surface area contributed by atoms with Crippen LogP contribution in [0.3, 0.4) is 0 Å². The molecule has 0 fully saturated rings. The normalized spacial score (nSPS) is 11.1. The van der Waals surface area contributed by atoms with Gasteiger partial charge in [0.15, 0.2) is 0 Å². The molecule has 0 amide bonds. The SMILES string of the molecule is CCCc1cn(-c2c(C)cccc2OC)c(=O)n1Cc1ccc(-c2ncccc2-c2nn[nH]n2)cc1. The number of aromatic nitrogens is 7. The van der Waals surface area contributed by atoms with E-state index in [4.69, 9.17) is 4.74 Å². The fourth-order valence-corrected chi connectivity index (χ4v) is 4.46. The summed E-state index contributed by atoms with van der Waals surface area (Å²) in [6, 6.07) is 17.6. The van der Waals surface area contributed by atoms with E-state index >= 15 is 0 Å². The van der Waals surface area contributed by atoms with Gasteiger partial charge in [-0.3, -0.25) is 14.1 Å². The maximum atomic E-state index is 13.6. The molecule has 0 atom stereocenters. The van der Waals surface area contributed by atoms with Crippen LogP contribution in [-0.4, -0.2) is 41.9 Å². The van der Waals surface area contributed by atoms with Gasteiger partial charge in [0.2, 0.25) is 5.82 Å². The summed E-state index contributed by atoms with van der Waals surface area (Å²) in [5.74, 6) is 1.17. The first kappa shape index (κ1) is 23.2. The molecule has 0 aliphatic heterocycles. The molecule has 9 nitrogen and oxygen atoms in total. The summed E-state index contributed by atoms with van der Waals surface area (Å²) in [5, 5.41) is 14.3. The number of H-pyrrole nitrogens is 1. The Morgan fingerprint density at radius 2 is 1.89 bits per heavy atom. The van der Waals surface area contributed by atoms with E-state index in [2.05, 4.69) is 32.5 Å². The van der Waals surface area contributed by atoms with E-state index in [1.165, 1.54) is 0 Å². The second kappa shape index (κ2) is 9.99. The van der Waals surface area contributed by atoms with E-state index in [0.717, 1.165) is 52.2 Å². The monoisotopic (exact) mass is 481 g/mol. The van der Waals surface area contributed by atoms with Gasteiger partial charge in [-0.1, -0.05) is 49.7 Å². The van der Waals surface area contributed by atoms with E-state index in [0.29, 0.717) is 18.1 Å². The number of pyridine rings is 1. The molecule has 0 saturated carbocycles. The quantitative estimate of drug-likeness (QED) is 0.356. The van der Waals surface area contributed by atoms with Crippen LogP contribution in [0.15, 0.2) is 71.8 Å². The zero-order chi connectivity index (χ0) is 25.1. The minimum absolute atomic E-state index is 0.0840. The van der Waals surface area contributed by atoms with Crippen LogP contribution in [-0.2, 0) is 13.0 Å². The Morgan fingerprint density at radius 1 is 1.06 bits per heavy atom. The van der Waals surface area contributed by atoms with Crippen LogP contribution in [0.5, 0.6) is 5.75 Å². The molecule has 2 aromatic carbocycles. The highest BCUT2D eigenvalue weighted by atomic mass is 16.5. The second-order valence-electron chi connectivity index (χ2n) is 8.57. The second-order valence-corrected chi connectivity index (χ2v) is 8.57. The van der Waals surface area contributed by atoms with Crippen molar-refractivity contribution >= 4 is 0 Å². The van der Waals surface area contributed by atoms with Crippen molar-refractivity contribution in [2.45, 2.75) is 33.2 Å². The van der Waals surface area contributed by atoms with Crippen molar-refractivity contribution in [1.29, 1.82) is 0 Å². The van der Waals surface area contributed by atoms with Crippen LogP contribution in [0.1, 0.15) is 30.2 Å². The Labute approximate surface area is 208 Å². The number of nitrogens with one attached hydrogen (secondary N) is 1. The lowest BCUT2D eigenvalue weighted by Gasteiger charge is -2.11. The zero-order valence-corrected chi connectivity index (χ0v) is 20.5. The van der Waals surface area contributed by atoms with Gasteiger partial charge in [0.25, 0.3) is 0 Å². The Morgan fingerprint density at radius 3 is 2.61 bits per heavy atom. The minimum atomic E-state index is -0.0840. The smallest absolute Gasteiger partial charge is 0.333 e. The first-order chi connectivity index (χ1) is 17.6. The third-order valence-corrected chi connectivity index (χ3v) is 6.19. The van der Waals surface area contributed by atoms with E-state index in [-0.39, 0.29) is 5.69 Å². The molecule has 5 rings (SSSR count). The number of nitrogens with zero attached hydrogens (tertiary/aromatic N) is 6. The number of aromatic amines is 1. The van der Waals surface area contributed by atoms with Crippen molar-refractivity contribution in [3.05, 3.63) is 94.3 Å². The third-order valence-electron chi connectivity index (χ3n) is 6.19. The molecule has 9 heteroatoms. The number of benzene rings is 2. The lowest BCUT2D eigenvalue weighted by atomic mass is 10.0. The molecule has 0 aliphatic carbocycles. The topological polar surface area (TPSA) is 104 Å². The number of para-hydroxylation sites is 1. The van der Waals surface area contributed by atoms with Crippen molar-refractivity contribution in [2.24, 2.45) is 0 Å². The third kappa shape index (κ3) is 4.31. The Kier molecular flexibility index (Phi) is 6.44. The maximum Gasteiger partial charge on any atom is 0.333 e. The van der Waals surface area contributed by atoms with Crippen LogP contribution in [0.4, 0.5) is 0 Å². The lowest BCUT2D eigenvalue weighted by Crippen LogP contribution is -2.25. The largest absolute Gasteiger partial charge is 0.495 e. The summed E-state index contributed by atoms with van der Waals surface area (Å²) in [7, 11) is 1.63. The van der Waals surface area contributed by atoms with Gasteiger partial charge >= 0.3 is 5.69 Å². The van der Waals surface area contributed by atoms with Crippen LogP contribution < -0.4 is 10.4 Å². The molecule has 0 unspecified atom stereocenters. The molecule has 0 radical (unpaired) electrons. The summed E-state index contributed by atoms with van der Waals surface area (Å²) in [6.45, 7) is 4.57. The predicted molar refractivity (Wildman–Crippen MR) is 137 cm³/mol. The molecule has 3 aromatic heterocycles. The van der Waals surface area contributed by atoms with Gasteiger partial charge in [-0.2, -0.15) is 5.21 Å². The van der Waals surface area contributed by atoms with Crippen LogP contribution in [0.2, 0.25) is 0 Å². The van der Waals surface area contributed by atoms with E-state index in [1.807, 2.05) is 72.3 Å².